The van der Waals surface area contributed by atoms with E-state index in [4.69, 9.17) is 9.84 Å². The summed E-state index contributed by atoms with van der Waals surface area (Å²) in [5.41, 5.74) is 4.01. The summed E-state index contributed by atoms with van der Waals surface area (Å²) < 4.78 is 8.66. The number of nitrogens with zero attached hydrogens (tertiary/aromatic N) is 6. The van der Waals surface area contributed by atoms with Crippen molar-refractivity contribution >= 4 is 22.7 Å². The summed E-state index contributed by atoms with van der Waals surface area (Å²) in [6.07, 6.45) is 6.99. The van der Waals surface area contributed by atoms with Crippen LogP contribution < -0.4 is 5.32 Å². The molecule has 0 aliphatic carbocycles. The zero-order valence-corrected chi connectivity index (χ0v) is 21.1. The summed E-state index contributed by atoms with van der Waals surface area (Å²) in [6.45, 7) is 5.15. The Kier molecular flexibility index (Phi) is 7.27. The summed E-state index contributed by atoms with van der Waals surface area (Å²) in [5, 5.41) is 12.7. The molecular formula is C27H31N7O3. The topological polar surface area (TPSA) is 107 Å². The summed E-state index contributed by atoms with van der Waals surface area (Å²) in [7, 11) is 1.61. The quantitative estimate of drug-likeness (QED) is 0.372. The first-order chi connectivity index (χ1) is 18.0. The lowest BCUT2D eigenvalue weighted by molar-refractivity contribution is 0.0681. The van der Waals surface area contributed by atoms with Crippen molar-refractivity contribution in [3.05, 3.63) is 71.9 Å². The third-order valence-corrected chi connectivity index (χ3v) is 6.99. The van der Waals surface area contributed by atoms with Crippen molar-refractivity contribution in [1.29, 1.82) is 0 Å². The molecular weight excluding hydrogens is 470 g/mol. The van der Waals surface area contributed by atoms with E-state index in [0.29, 0.717) is 30.2 Å². The Hall–Kier alpha value is -4.05. The van der Waals surface area contributed by atoms with Crippen molar-refractivity contribution in [3.63, 3.8) is 0 Å². The molecule has 0 atom stereocenters. The lowest BCUT2D eigenvalue weighted by atomic mass is 9.96. The van der Waals surface area contributed by atoms with Crippen molar-refractivity contribution < 1.29 is 14.3 Å². The van der Waals surface area contributed by atoms with Crippen LogP contribution in [0.5, 0.6) is 0 Å². The van der Waals surface area contributed by atoms with Crippen LogP contribution in [0.15, 0.2) is 55.2 Å². The van der Waals surface area contributed by atoms with Crippen molar-refractivity contribution in [1.82, 2.24) is 34.8 Å². The Morgan fingerprint density at radius 3 is 2.59 bits per heavy atom. The summed E-state index contributed by atoms with van der Waals surface area (Å²) in [4.78, 5) is 31.4. The molecule has 1 aliphatic rings. The maximum Gasteiger partial charge on any atom is 0.253 e. The van der Waals surface area contributed by atoms with Gasteiger partial charge in [-0.2, -0.15) is 10.2 Å². The molecule has 10 nitrogen and oxygen atoms in total. The first-order valence-corrected chi connectivity index (χ1v) is 12.5. The molecule has 0 saturated carbocycles. The first kappa shape index (κ1) is 24.6. The van der Waals surface area contributed by atoms with Crippen molar-refractivity contribution in [2.75, 3.05) is 33.4 Å². The molecule has 192 valence electrons. The number of piperidine rings is 1. The van der Waals surface area contributed by atoms with E-state index in [-0.39, 0.29) is 11.8 Å². The van der Waals surface area contributed by atoms with Gasteiger partial charge in [-0.3, -0.25) is 14.3 Å². The summed E-state index contributed by atoms with van der Waals surface area (Å²) in [6, 6.07) is 11.2. The van der Waals surface area contributed by atoms with E-state index in [1.807, 2.05) is 59.1 Å². The summed E-state index contributed by atoms with van der Waals surface area (Å²) >= 11 is 0. The number of ether oxygens (including phenoxy) is 1. The predicted molar refractivity (Wildman–Crippen MR) is 139 cm³/mol. The van der Waals surface area contributed by atoms with Crippen molar-refractivity contribution in [2.45, 2.75) is 26.3 Å². The molecule has 2 amide bonds. The minimum Gasteiger partial charge on any atom is -0.383 e. The fraction of sp³-hybridized carbons (Fsp3) is 0.370. The van der Waals surface area contributed by atoms with Gasteiger partial charge in [0.2, 0.25) is 0 Å². The second-order valence-electron chi connectivity index (χ2n) is 9.39. The minimum absolute atomic E-state index is 0.0559. The van der Waals surface area contributed by atoms with Gasteiger partial charge in [-0.05, 0) is 67.6 Å². The van der Waals surface area contributed by atoms with Gasteiger partial charge < -0.3 is 15.0 Å². The van der Waals surface area contributed by atoms with Crippen LogP contribution in [-0.4, -0.2) is 74.6 Å². The molecule has 37 heavy (non-hydrogen) atoms. The monoisotopic (exact) mass is 501 g/mol. The average Bonchev–Trinajstić information content (AvgIpc) is 3.60. The molecule has 0 unspecified atom stereocenters. The number of benzene rings is 2. The molecule has 1 aliphatic heterocycles. The van der Waals surface area contributed by atoms with Crippen LogP contribution in [-0.2, 0) is 11.3 Å². The highest BCUT2D eigenvalue weighted by Crippen LogP contribution is 2.24. The first-order valence-electron chi connectivity index (χ1n) is 12.5. The van der Waals surface area contributed by atoms with Crippen molar-refractivity contribution in [3.8, 4) is 5.69 Å². The maximum atomic E-state index is 13.0. The Morgan fingerprint density at radius 1 is 1.11 bits per heavy atom. The number of aryl methyl sites for hydroxylation is 1. The molecule has 4 aromatic rings. The van der Waals surface area contributed by atoms with Crippen LogP contribution in [0.25, 0.3) is 16.6 Å². The van der Waals surface area contributed by atoms with E-state index in [1.54, 1.807) is 18.1 Å². The van der Waals surface area contributed by atoms with Crippen molar-refractivity contribution in [2.24, 2.45) is 5.92 Å². The summed E-state index contributed by atoms with van der Waals surface area (Å²) in [5.74, 6) is 0.389. The molecule has 2 aromatic heterocycles. The molecule has 5 rings (SSSR count). The van der Waals surface area contributed by atoms with Gasteiger partial charge in [-0.1, -0.05) is 0 Å². The van der Waals surface area contributed by atoms with Gasteiger partial charge in [-0.15, -0.1) is 0 Å². The second-order valence-corrected chi connectivity index (χ2v) is 9.39. The zero-order chi connectivity index (χ0) is 25.8. The smallest absolute Gasteiger partial charge is 0.253 e. The molecule has 10 heteroatoms. The number of amides is 2. The number of rotatable bonds is 8. The number of fused-ring (bicyclic) bond motifs is 1. The number of aromatic nitrogens is 5. The molecule has 0 spiro atoms. The number of carbonyl (C=O) groups is 2. The van der Waals surface area contributed by atoms with E-state index in [9.17, 15) is 9.59 Å². The van der Waals surface area contributed by atoms with E-state index >= 15 is 0 Å². The lowest BCUT2D eigenvalue weighted by Crippen LogP contribution is -2.39. The molecule has 0 radical (unpaired) electrons. The fourth-order valence-corrected chi connectivity index (χ4v) is 4.85. The molecule has 1 saturated heterocycles. The molecule has 2 aromatic carbocycles. The number of methoxy groups -OCH3 is 1. The molecule has 1 N–H and O–H groups in total. The van der Waals surface area contributed by atoms with E-state index < -0.39 is 0 Å². The maximum absolute atomic E-state index is 13.0. The lowest BCUT2D eigenvalue weighted by Gasteiger charge is -2.32. The van der Waals surface area contributed by atoms with Gasteiger partial charge in [0, 0.05) is 56.0 Å². The molecule has 0 bridgehead atoms. The largest absolute Gasteiger partial charge is 0.383 e. The average molecular weight is 502 g/mol. The van der Waals surface area contributed by atoms with Crippen LogP contribution >= 0.6 is 0 Å². The highest BCUT2D eigenvalue weighted by atomic mass is 16.5. The SMILES string of the molecule is COCCNC(=O)c1ccc2nn(CC3CCN(C(=O)c4ccc(-n5cncn5)cc4)CC3)cc2c1C. The van der Waals surface area contributed by atoms with Crippen LogP contribution in [0.2, 0.25) is 0 Å². The van der Waals surface area contributed by atoms with E-state index in [1.165, 1.54) is 6.33 Å². The van der Waals surface area contributed by atoms with E-state index in [2.05, 4.69) is 15.4 Å². The number of carbonyl (C=O) groups excluding carboxylic acids is 2. The van der Waals surface area contributed by atoms with Gasteiger partial charge in [0.25, 0.3) is 11.8 Å². The predicted octanol–water partition coefficient (Wildman–Crippen LogP) is 2.85. The van der Waals surface area contributed by atoms with Gasteiger partial charge in [0.15, 0.2) is 0 Å². The Bertz CT molecular complexity index is 1370. The van der Waals surface area contributed by atoms with Crippen LogP contribution in [0.4, 0.5) is 0 Å². The minimum atomic E-state index is -0.103. The van der Waals surface area contributed by atoms with E-state index in [0.717, 1.165) is 54.6 Å². The van der Waals surface area contributed by atoms with Gasteiger partial charge >= 0.3 is 0 Å². The standard InChI is InChI=1S/C27H31N7O3/c1-19-23(26(35)29-11-14-37-2)7-8-25-24(19)16-33(31-25)15-20-9-12-32(13-10-20)27(36)21-3-5-22(6-4-21)34-18-28-17-30-34/h3-8,16-18,20H,9-15H2,1-2H3,(H,29,35). The third-order valence-electron chi connectivity index (χ3n) is 6.99. The number of likely N-dealkylation sites (tertiary alicyclic amines) is 1. The highest BCUT2D eigenvalue weighted by molar-refractivity contribution is 6.00. The third kappa shape index (κ3) is 5.39. The van der Waals surface area contributed by atoms with Crippen LogP contribution in [0.1, 0.15) is 39.1 Å². The van der Waals surface area contributed by atoms with Gasteiger partial charge in [0.05, 0.1) is 17.8 Å². The zero-order valence-electron chi connectivity index (χ0n) is 21.1. The van der Waals surface area contributed by atoms with Gasteiger partial charge in [-0.25, -0.2) is 9.67 Å². The number of hydrogen-bond acceptors (Lipinski definition) is 6. The van der Waals surface area contributed by atoms with Gasteiger partial charge in [0.1, 0.15) is 12.7 Å². The normalized spacial score (nSPS) is 14.3. The number of nitrogens with one attached hydrogen (secondary N) is 1. The Morgan fingerprint density at radius 2 is 1.89 bits per heavy atom. The molecule has 3 heterocycles. The Labute approximate surface area is 215 Å². The number of hydrogen-bond donors (Lipinski definition) is 1. The van der Waals surface area contributed by atoms with Crippen LogP contribution in [0.3, 0.4) is 0 Å². The van der Waals surface area contributed by atoms with Crippen LogP contribution in [0, 0.1) is 12.8 Å². The second kappa shape index (κ2) is 10.9. The highest BCUT2D eigenvalue weighted by Gasteiger charge is 2.24. The Balaban J connectivity index is 1.18. The fourth-order valence-electron chi connectivity index (χ4n) is 4.85. The molecule has 1 fully saturated rings.